The molecule has 1 amide bonds. The minimum absolute atomic E-state index is 0.120. The van der Waals surface area contributed by atoms with Crippen molar-refractivity contribution in [1.82, 2.24) is 14.9 Å². The molecule has 5 nitrogen and oxygen atoms in total. The molecule has 128 valence electrons. The number of benzene rings is 1. The lowest BCUT2D eigenvalue weighted by Crippen LogP contribution is -2.45. The van der Waals surface area contributed by atoms with Gasteiger partial charge in [0.25, 0.3) is 5.91 Å². The number of amides is 1. The minimum Gasteiger partial charge on any atom is -0.357 e. The first-order valence-electron chi connectivity index (χ1n) is 8.49. The highest BCUT2D eigenvalue weighted by atomic mass is 32.1. The van der Waals surface area contributed by atoms with Gasteiger partial charge in [-0.25, -0.2) is 9.97 Å². The molecule has 0 unspecified atom stereocenters. The summed E-state index contributed by atoms with van der Waals surface area (Å²) in [5.74, 6) is 1.11. The van der Waals surface area contributed by atoms with Crippen LogP contribution < -0.4 is 4.90 Å². The Bertz CT molecular complexity index is 871. The van der Waals surface area contributed by atoms with Crippen molar-refractivity contribution in [2.75, 3.05) is 25.0 Å². The van der Waals surface area contributed by atoms with E-state index in [0.29, 0.717) is 6.04 Å². The molecule has 1 aliphatic rings. The molecule has 0 atom stereocenters. The normalized spacial score (nSPS) is 15.5. The number of nitrogens with zero attached hydrogens (tertiary/aromatic N) is 4. The maximum absolute atomic E-state index is 12.8. The Labute approximate surface area is 150 Å². The Morgan fingerprint density at radius 2 is 2.04 bits per heavy atom. The van der Waals surface area contributed by atoms with Gasteiger partial charge in [0.15, 0.2) is 0 Å². The van der Waals surface area contributed by atoms with Crippen molar-refractivity contribution in [3.63, 3.8) is 0 Å². The third-order valence-corrected chi connectivity index (χ3v) is 5.68. The van der Waals surface area contributed by atoms with Crippen LogP contribution in [0.25, 0.3) is 10.2 Å². The second-order valence-corrected chi connectivity index (χ2v) is 7.24. The fourth-order valence-electron chi connectivity index (χ4n) is 3.38. The average molecular weight is 352 g/mol. The van der Waals surface area contributed by atoms with Crippen LogP contribution in [-0.2, 0) is 0 Å². The molecule has 3 heterocycles. The summed E-state index contributed by atoms with van der Waals surface area (Å²) in [6.07, 6.45) is 3.74. The molecule has 3 aromatic rings. The number of pyridine rings is 1. The molecule has 1 saturated heterocycles. The van der Waals surface area contributed by atoms with E-state index in [-0.39, 0.29) is 5.91 Å². The number of hydrogen-bond acceptors (Lipinski definition) is 5. The van der Waals surface area contributed by atoms with Crippen LogP contribution in [-0.4, -0.2) is 47.0 Å². The predicted molar refractivity (Wildman–Crippen MR) is 101 cm³/mol. The largest absolute Gasteiger partial charge is 0.357 e. The predicted octanol–water partition coefficient (Wildman–Crippen LogP) is 3.43. The second-order valence-electron chi connectivity index (χ2n) is 6.36. The van der Waals surface area contributed by atoms with Crippen LogP contribution in [0.4, 0.5) is 5.82 Å². The number of fused-ring (bicyclic) bond motifs is 1. The van der Waals surface area contributed by atoms with Crippen molar-refractivity contribution in [2.45, 2.75) is 18.9 Å². The average Bonchev–Trinajstić information content (AvgIpc) is 3.15. The van der Waals surface area contributed by atoms with E-state index in [2.05, 4.69) is 21.9 Å². The number of anilines is 1. The van der Waals surface area contributed by atoms with Crippen LogP contribution in [0, 0.1) is 0 Å². The highest BCUT2D eigenvalue weighted by Gasteiger charge is 2.26. The van der Waals surface area contributed by atoms with E-state index in [9.17, 15) is 4.79 Å². The quantitative estimate of drug-likeness (QED) is 0.725. The third kappa shape index (κ3) is 3.22. The van der Waals surface area contributed by atoms with E-state index in [1.165, 1.54) is 0 Å². The summed E-state index contributed by atoms with van der Waals surface area (Å²) < 4.78 is 1.07. The van der Waals surface area contributed by atoms with Crippen LogP contribution in [0.5, 0.6) is 0 Å². The number of thiazole rings is 1. The number of carbonyl (C=O) groups excluding carboxylic acids is 1. The zero-order chi connectivity index (χ0) is 17.2. The Kier molecular flexibility index (Phi) is 4.36. The van der Waals surface area contributed by atoms with E-state index < -0.39 is 0 Å². The fraction of sp³-hybridized carbons (Fsp3) is 0.316. The molecule has 0 bridgehead atoms. The molecule has 0 aliphatic carbocycles. The lowest BCUT2D eigenvalue weighted by atomic mass is 10.0. The zero-order valence-electron chi connectivity index (χ0n) is 14.1. The first-order chi connectivity index (χ1) is 12.2. The van der Waals surface area contributed by atoms with Crippen LogP contribution in [0.1, 0.15) is 23.2 Å². The third-order valence-electron chi connectivity index (χ3n) is 4.89. The first-order valence-corrected chi connectivity index (χ1v) is 9.37. The zero-order valence-corrected chi connectivity index (χ0v) is 14.9. The summed E-state index contributed by atoms with van der Waals surface area (Å²) in [5.41, 5.74) is 3.53. The van der Waals surface area contributed by atoms with Gasteiger partial charge in [0.2, 0.25) is 0 Å². The Hall–Kier alpha value is -2.47. The molecule has 4 rings (SSSR count). The van der Waals surface area contributed by atoms with Crippen molar-refractivity contribution in [1.29, 1.82) is 0 Å². The lowest BCUT2D eigenvalue weighted by Gasteiger charge is -2.37. The smallest absolute Gasteiger partial charge is 0.253 e. The highest BCUT2D eigenvalue weighted by molar-refractivity contribution is 7.16. The molecule has 1 aliphatic heterocycles. The van der Waals surface area contributed by atoms with E-state index in [1.54, 1.807) is 11.3 Å². The Morgan fingerprint density at radius 1 is 1.20 bits per heavy atom. The second kappa shape index (κ2) is 6.80. The number of aromatic nitrogens is 2. The first kappa shape index (κ1) is 16.0. The Morgan fingerprint density at radius 3 is 2.80 bits per heavy atom. The molecule has 25 heavy (non-hydrogen) atoms. The van der Waals surface area contributed by atoms with Gasteiger partial charge < -0.3 is 9.80 Å². The number of piperidine rings is 1. The summed E-state index contributed by atoms with van der Waals surface area (Å²) in [5, 5.41) is 0. The summed E-state index contributed by atoms with van der Waals surface area (Å²) >= 11 is 1.57. The molecule has 0 N–H and O–H groups in total. The molecular weight excluding hydrogens is 332 g/mol. The molecule has 0 radical (unpaired) electrons. The van der Waals surface area contributed by atoms with Crippen molar-refractivity contribution < 1.29 is 4.79 Å². The van der Waals surface area contributed by atoms with Crippen LogP contribution >= 0.6 is 11.3 Å². The van der Waals surface area contributed by atoms with Gasteiger partial charge >= 0.3 is 0 Å². The van der Waals surface area contributed by atoms with Crippen LogP contribution in [0.3, 0.4) is 0 Å². The molecule has 1 aromatic carbocycles. The standard InChI is InChI=1S/C19H20N4OS/c1-22(18-4-2-3-9-20-18)15-7-10-23(11-8-15)19(24)14-5-6-16-17(12-14)25-13-21-16/h2-6,9,12-13,15H,7-8,10-11H2,1H3. The van der Waals surface area contributed by atoms with Gasteiger partial charge in [0, 0.05) is 37.9 Å². The fourth-order valence-corrected chi connectivity index (χ4v) is 4.09. The van der Waals surface area contributed by atoms with E-state index in [4.69, 9.17) is 0 Å². The number of carbonyl (C=O) groups is 1. The minimum atomic E-state index is 0.120. The van der Waals surface area contributed by atoms with Gasteiger partial charge in [-0.3, -0.25) is 4.79 Å². The van der Waals surface area contributed by atoms with Gasteiger partial charge in [-0.05, 0) is 43.2 Å². The van der Waals surface area contributed by atoms with E-state index >= 15 is 0 Å². The molecule has 6 heteroatoms. The summed E-state index contributed by atoms with van der Waals surface area (Å²) in [6, 6.07) is 12.2. The lowest BCUT2D eigenvalue weighted by molar-refractivity contribution is 0.0713. The van der Waals surface area contributed by atoms with Gasteiger partial charge in [0.1, 0.15) is 5.82 Å². The van der Waals surface area contributed by atoms with E-state index in [0.717, 1.165) is 47.5 Å². The number of rotatable bonds is 3. The van der Waals surface area contributed by atoms with Crippen molar-refractivity contribution >= 4 is 33.3 Å². The molecule has 0 saturated carbocycles. The summed E-state index contributed by atoms with van der Waals surface area (Å²) in [4.78, 5) is 25.7. The maximum atomic E-state index is 12.8. The van der Waals surface area contributed by atoms with Crippen molar-refractivity contribution in [3.8, 4) is 0 Å². The Balaban J connectivity index is 1.42. The van der Waals surface area contributed by atoms with Gasteiger partial charge in [-0.2, -0.15) is 0 Å². The molecule has 2 aromatic heterocycles. The van der Waals surface area contributed by atoms with Crippen molar-refractivity contribution in [2.24, 2.45) is 0 Å². The molecular formula is C19H20N4OS. The molecule has 1 fully saturated rings. The summed E-state index contributed by atoms with van der Waals surface area (Å²) in [7, 11) is 2.09. The number of likely N-dealkylation sites (tertiary alicyclic amines) is 1. The van der Waals surface area contributed by atoms with E-state index in [1.807, 2.05) is 53.0 Å². The summed E-state index contributed by atoms with van der Waals surface area (Å²) in [6.45, 7) is 1.56. The maximum Gasteiger partial charge on any atom is 0.253 e. The highest BCUT2D eigenvalue weighted by Crippen LogP contribution is 2.23. The number of hydrogen-bond donors (Lipinski definition) is 0. The van der Waals surface area contributed by atoms with Crippen molar-refractivity contribution in [3.05, 3.63) is 53.7 Å². The van der Waals surface area contributed by atoms with Crippen LogP contribution in [0.2, 0.25) is 0 Å². The van der Waals surface area contributed by atoms with Gasteiger partial charge in [-0.1, -0.05) is 6.07 Å². The SMILES string of the molecule is CN(c1ccccn1)C1CCN(C(=O)c2ccc3ncsc3c2)CC1. The van der Waals surface area contributed by atoms with Gasteiger partial charge in [0.05, 0.1) is 15.7 Å². The topological polar surface area (TPSA) is 49.3 Å². The monoisotopic (exact) mass is 352 g/mol. The molecule has 0 spiro atoms. The van der Waals surface area contributed by atoms with Crippen LogP contribution in [0.15, 0.2) is 48.1 Å². The van der Waals surface area contributed by atoms with Gasteiger partial charge in [-0.15, -0.1) is 11.3 Å².